The van der Waals surface area contributed by atoms with Crippen molar-refractivity contribution in [2.24, 2.45) is 0 Å². The highest BCUT2D eigenvalue weighted by Gasteiger charge is 2.18. The van der Waals surface area contributed by atoms with Crippen LogP contribution in [0, 0.1) is 0 Å². The molecule has 162 valence electrons. The fourth-order valence-electron chi connectivity index (χ4n) is 2.46. The summed E-state index contributed by atoms with van der Waals surface area (Å²) >= 11 is 0. The molecule has 0 aromatic heterocycles. The number of phenols is 2. The molecule has 0 aliphatic carbocycles. The number of esters is 2. The third-order valence-electron chi connectivity index (χ3n) is 3.98. The maximum Gasteiger partial charge on any atom is 0.338 e. The van der Waals surface area contributed by atoms with Gasteiger partial charge < -0.3 is 38.6 Å². The largest absolute Gasteiger partial charge is 0.502 e. The minimum atomic E-state index is -0.726. The molecular formula is C20H22O10. The monoisotopic (exact) mass is 422 g/mol. The van der Waals surface area contributed by atoms with Gasteiger partial charge in [0.25, 0.3) is 0 Å². The molecule has 2 aromatic rings. The summed E-state index contributed by atoms with van der Waals surface area (Å²) in [6.45, 7) is -0.440. The summed E-state index contributed by atoms with van der Waals surface area (Å²) in [5.74, 6) is -1.77. The highest BCUT2D eigenvalue weighted by molar-refractivity contribution is 5.92. The molecule has 0 radical (unpaired) electrons. The zero-order chi connectivity index (χ0) is 22.3. The molecule has 10 nitrogen and oxygen atoms in total. The van der Waals surface area contributed by atoms with Gasteiger partial charge in [0.2, 0.25) is 11.5 Å². The van der Waals surface area contributed by atoms with Gasteiger partial charge in [-0.2, -0.15) is 0 Å². The first-order valence-electron chi connectivity index (χ1n) is 8.60. The first kappa shape index (κ1) is 22.5. The number of benzene rings is 2. The molecule has 0 bridgehead atoms. The number of methoxy groups -OCH3 is 4. The number of carbonyl (C=O) groups excluding carboxylic acids is 2. The molecule has 0 spiro atoms. The summed E-state index contributed by atoms with van der Waals surface area (Å²) in [7, 11) is 5.32. The van der Waals surface area contributed by atoms with E-state index in [1.165, 1.54) is 52.7 Å². The van der Waals surface area contributed by atoms with Crippen LogP contribution in [0.15, 0.2) is 24.3 Å². The van der Waals surface area contributed by atoms with E-state index in [0.717, 1.165) is 0 Å². The van der Waals surface area contributed by atoms with E-state index in [0.29, 0.717) is 0 Å². The number of carbonyl (C=O) groups is 2. The van der Waals surface area contributed by atoms with Crippen LogP contribution < -0.4 is 18.9 Å². The van der Waals surface area contributed by atoms with Gasteiger partial charge in [0, 0.05) is 0 Å². The lowest BCUT2D eigenvalue weighted by molar-refractivity contribution is 0.0265. The summed E-state index contributed by atoms with van der Waals surface area (Å²) in [5, 5.41) is 19.8. The number of aromatic hydroxyl groups is 2. The molecule has 0 saturated carbocycles. The van der Waals surface area contributed by atoms with Crippen molar-refractivity contribution in [3.8, 4) is 34.5 Å². The predicted molar refractivity (Wildman–Crippen MR) is 103 cm³/mol. The maximum atomic E-state index is 12.2. The number of ether oxygens (including phenoxy) is 6. The van der Waals surface area contributed by atoms with E-state index in [2.05, 4.69) is 0 Å². The van der Waals surface area contributed by atoms with Gasteiger partial charge in [0.15, 0.2) is 23.0 Å². The van der Waals surface area contributed by atoms with Crippen LogP contribution >= 0.6 is 0 Å². The molecule has 0 atom stereocenters. The van der Waals surface area contributed by atoms with Crippen LogP contribution in [0.4, 0.5) is 0 Å². The SMILES string of the molecule is COc1cc(C(=O)OCCOC(=O)c2cc(OC)c(O)c(OC)c2)cc(OC)c1O. The molecule has 0 saturated heterocycles. The maximum absolute atomic E-state index is 12.2. The van der Waals surface area contributed by atoms with Crippen molar-refractivity contribution in [2.75, 3.05) is 41.7 Å². The molecule has 2 N–H and O–H groups in total. The molecular weight excluding hydrogens is 400 g/mol. The van der Waals surface area contributed by atoms with Gasteiger partial charge in [-0.25, -0.2) is 9.59 Å². The van der Waals surface area contributed by atoms with Crippen LogP contribution in [0.2, 0.25) is 0 Å². The van der Waals surface area contributed by atoms with Crippen molar-refractivity contribution in [2.45, 2.75) is 0 Å². The molecule has 0 aliphatic heterocycles. The second kappa shape index (κ2) is 10.1. The average Bonchev–Trinajstić information content (AvgIpc) is 2.76. The summed E-state index contributed by atoms with van der Waals surface area (Å²) < 4.78 is 30.1. The minimum absolute atomic E-state index is 0.0444. The number of hydrogen-bond donors (Lipinski definition) is 2. The second-order valence-corrected chi connectivity index (χ2v) is 5.73. The molecule has 10 heteroatoms. The van der Waals surface area contributed by atoms with Gasteiger partial charge >= 0.3 is 11.9 Å². The van der Waals surface area contributed by atoms with Gasteiger partial charge in [-0.05, 0) is 24.3 Å². The van der Waals surface area contributed by atoms with E-state index in [1.54, 1.807) is 0 Å². The van der Waals surface area contributed by atoms with Crippen molar-refractivity contribution < 1.29 is 48.2 Å². The number of phenolic OH excluding ortho intramolecular Hbond substituents is 2. The van der Waals surface area contributed by atoms with E-state index in [4.69, 9.17) is 28.4 Å². The molecule has 2 aromatic carbocycles. The van der Waals surface area contributed by atoms with Crippen LogP contribution in [0.5, 0.6) is 34.5 Å². The molecule has 0 heterocycles. The first-order valence-corrected chi connectivity index (χ1v) is 8.60. The lowest BCUT2D eigenvalue weighted by Crippen LogP contribution is -2.14. The molecule has 0 aliphatic rings. The zero-order valence-electron chi connectivity index (χ0n) is 16.9. The zero-order valence-corrected chi connectivity index (χ0v) is 16.9. The van der Waals surface area contributed by atoms with Gasteiger partial charge in [0.05, 0.1) is 39.6 Å². The highest BCUT2D eigenvalue weighted by Crippen LogP contribution is 2.38. The van der Waals surface area contributed by atoms with Gasteiger partial charge in [-0.15, -0.1) is 0 Å². The summed E-state index contributed by atoms with van der Waals surface area (Å²) in [5.41, 5.74) is 0.168. The summed E-state index contributed by atoms with van der Waals surface area (Å²) in [6.07, 6.45) is 0. The van der Waals surface area contributed by atoms with E-state index in [1.807, 2.05) is 0 Å². The van der Waals surface area contributed by atoms with Crippen LogP contribution in [0.3, 0.4) is 0 Å². The van der Waals surface area contributed by atoms with Crippen LogP contribution in [-0.2, 0) is 9.47 Å². The quantitative estimate of drug-likeness (QED) is 0.458. The summed E-state index contributed by atoms with van der Waals surface area (Å²) in [4.78, 5) is 24.4. The van der Waals surface area contributed by atoms with E-state index in [-0.39, 0.29) is 58.8 Å². The van der Waals surface area contributed by atoms with Crippen LogP contribution in [-0.4, -0.2) is 63.8 Å². The minimum Gasteiger partial charge on any atom is -0.502 e. The Balaban J connectivity index is 1.97. The Morgan fingerprint density at radius 1 is 0.633 bits per heavy atom. The highest BCUT2D eigenvalue weighted by atomic mass is 16.6. The van der Waals surface area contributed by atoms with Gasteiger partial charge in [0.1, 0.15) is 13.2 Å². The molecule has 0 fully saturated rings. The topological polar surface area (TPSA) is 130 Å². The Morgan fingerprint density at radius 3 is 1.13 bits per heavy atom. The van der Waals surface area contributed by atoms with Crippen molar-refractivity contribution in [3.05, 3.63) is 35.4 Å². The molecule has 2 rings (SSSR count). The lowest BCUT2D eigenvalue weighted by atomic mass is 10.2. The average molecular weight is 422 g/mol. The fraction of sp³-hybridized carbons (Fsp3) is 0.300. The Kier molecular flexibility index (Phi) is 7.56. The Hall–Kier alpha value is -3.82. The normalized spacial score (nSPS) is 10.1. The van der Waals surface area contributed by atoms with Crippen molar-refractivity contribution in [1.29, 1.82) is 0 Å². The standard InChI is InChI=1S/C20H22O10/c1-25-13-7-11(8-14(26-2)17(13)21)19(23)29-5-6-30-20(24)12-9-15(27-3)18(22)16(10-12)28-4/h7-10,21-22H,5-6H2,1-4H3. The van der Waals surface area contributed by atoms with Gasteiger partial charge in [-0.1, -0.05) is 0 Å². The Bertz CT molecular complexity index is 796. The molecule has 0 amide bonds. The number of hydrogen-bond acceptors (Lipinski definition) is 10. The van der Waals surface area contributed by atoms with Crippen LogP contribution in [0.25, 0.3) is 0 Å². The second-order valence-electron chi connectivity index (χ2n) is 5.73. The third kappa shape index (κ3) is 4.96. The van der Waals surface area contributed by atoms with Crippen molar-refractivity contribution in [1.82, 2.24) is 0 Å². The van der Waals surface area contributed by atoms with E-state index < -0.39 is 11.9 Å². The predicted octanol–water partition coefficient (Wildman–Crippen LogP) is 2.15. The van der Waals surface area contributed by atoms with Crippen LogP contribution in [0.1, 0.15) is 20.7 Å². The Labute approximate surface area is 172 Å². The molecule has 0 unspecified atom stereocenters. The number of rotatable bonds is 9. The smallest absolute Gasteiger partial charge is 0.338 e. The van der Waals surface area contributed by atoms with Crippen molar-refractivity contribution >= 4 is 11.9 Å². The van der Waals surface area contributed by atoms with Crippen molar-refractivity contribution in [3.63, 3.8) is 0 Å². The first-order chi connectivity index (χ1) is 14.4. The third-order valence-corrected chi connectivity index (χ3v) is 3.98. The summed E-state index contributed by atoms with van der Waals surface area (Å²) in [6, 6.07) is 5.17. The lowest BCUT2D eigenvalue weighted by Gasteiger charge is -2.12. The van der Waals surface area contributed by atoms with Gasteiger partial charge in [-0.3, -0.25) is 0 Å². The fourth-order valence-corrected chi connectivity index (χ4v) is 2.46. The van der Waals surface area contributed by atoms with E-state index in [9.17, 15) is 19.8 Å². The Morgan fingerprint density at radius 2 is 0.900 bits per heavy atom. The van der Waals surface area contributed by atoms with E-state index >= 15 is 0 Å². The molecule has 30 heavy (non-hydrogen) atoms.